The van der Waals surface area contributed by atoms with Crippen LogP contribution in [0.3, 0.4) is 0 Å². The molecule has 3 aromatic rings. The number of carbonyl (C=O) groups excluding carboxylic acids is 1. The smallest absolute Gasteiger partial charge is 0.266 e. The number of nitrogens with one attached hydrogen (secondary N) is 1. The van der Waals surface area contributed by atoms with E-state index in [1.54, 1.807) is 18.5 Å². The molecule has 0 spiro atoms. The molecular weight excluding hydrogens is 340 g/mol. The van der Waals surface area contributed by atoms with Crippen molar-refractivity contribution in [2.75, 3.05) is 0 Å². The van der Waals surface area contributed by atoms with E-state index in [1.165, 1.54) is 10.7 Å². The van der Waals surface area contributed by atoms with Gasteiger partial charge in [-0.1, -0.05) is 30.3 Å². The maximum absolute atomic E-state index is 12.2. The second-order valence-electron chi connectivity index (χ2n) is 6.32. The molecular formula is C21H22N4O2. The van der Waals surface area contributed by atoms with Crippen molar-refractivity contribution in [3.8, 4) is 11.3 Å². The highest BCUT2D eigenvalue weighted by molar-refractivity contribution is 5.76. The van der Waals surface area contributed by atoms with Crippen molar-refractivity contribution in [1.82, 2.24) is 20.1 Å². The fourth-order valence-corrected chi connectivity index (χ4v) is 2.81. The number of nitrogens with zero attached hydrogens (tertiary/aromatic N) is 3. The van der Waals surface area contributed by atoms with Gasteiger partial charge in [0.05, 0.1) is 11.7 Å². The Kier molecular flexibility index (Phi) is 6.10. The Morgan fingerprint density at radius 2 is 1.81 bits per heavy atom. The molecule has 2 aromatic heterocycles. The molecule has 1 amide bonds. The van der Waals surface area contributed by atoms with Gasteiger partial charge in [0.25, 0.3) is 5.56 Å². The third kappa shape index (κ3) is 5.10. The highest BCUT2D eigenvalue weighted by Gasteiger charge is 2.09. The standard InChI is InChI=1S/C21H22N4O2/c1-16(17-6-3-2-4-7-17)23-20(26)8-5-15-25-21(27)10-9-19(24-25)18-11-13-22-14-12-18/h2-4,6-7,9-14,16H,5,8,15H2,1H3,(H,23,26). The predicted molar refractivity (Wildman–Crippen MR) is 104 cm³/mol. The largest absolute Gasteiger partial charge is 0.350 e. The summed E-state index contributed by atoms with van der Waals surface area (Å²) in [5.74, 6) is -0.0373. The summed E-state index contributed by atoms with van der Waals surface area (Å²) in [4.78, 5) is 28.2. The summed E-state index contributed by atoms with van der Waals surface area (Å²) < 4.78 is 1.41. The Labute approximate surface area is 157 Å². The number of hydrogen-bond acceptors (Lipinski definition) is 4. The quantitative estimate of drug-likeness (QED) is 0.701. The molecule has 0 radical (unpaired) electrons. The number of pyridine rings is 1. The van der Waals surface area contributed by atoms with Crippen LogP contribution in [-0.2, 0) is 11.3 Å². The van der Waals surface area contributed by atoms with Crippen LogP contribution in [0.5, 0.6) is 0 Å². The van der Waals surface area contributed by atoms with E-state index < -0.39 is 0 Å². The van der Waals surface area contributed by atoms with Crippen LogP contribution in [0.25, 0.3) is 11.3 Å². The van der Waals surface area contributed by atoms with Gasteiger partial charge in [-0.15, -0.1) is 0 Å². The summed E-state index contributed by atoms with van der Waals surface area (Å²) in [6.07, 6.45) is 4.25. The third-order valence-electron chi connectivity index (χ3n) is 4.29. The number of amides is 1. The van der Waals surface area contributed by atoms with E-state index in [0.29, 0.717) is 25.1 Å². The SMILES string of the molecule is CC(NC(=O)CCCn1nc(-c2ccncc2)ccc1=O)c1ccccc1. The zero-order valence-corrected chi connectivity index (χ0v) is 15.2. The monoisotopic (exact) mass is 362 g/mol. The average Bonchev–Trinajstić information content (AvgIpc) is 2.70. The Morgan fingerprint density at radius 1 is 1.07 bits per heavy atom. The maximum atomic E-state index is 12.2. The summed E-state index contributed by atoms with van der Waals surface area (Å²) in [7, 11) is 0. The molecule has 0 fully saturated rings. The second-order valence-corrected chi connectivity index (χ2v) is 6.32. The van der Waals surface area contributed by atoms with E-state index in [2.05, 4.69) is 15.4 Å². The van der Waals surface area contributed by atoms with E-state index >= 15 is 0 Å². The molecule has 1 N–H and O–H groups in total. The van der Waals surface area contributed by atoms with Crippen molar-refractivity contribution in [1.29, 1.82) is 0 Å². The van der Waals surface area contributed by atoms with E-state index in [-0.39, 0.29) is 17.5 Å². The van der Waals surface area contributed by atoms with Crippen molar-refractivity contribution in [3.05, 3.63) is 82.9 Å². The molecule has 0 saturated heterocycles. The van der Waals surface area contributed by atoms with Gasteiger partial charge in [0.2, 0.25) is 5.91 Å². The van der Waals surface area contributed by atoms with Crippen molar-refractivity contribution in [3.63, 3.8) is 0 Å². The van der Waals surface area contributed by atoms with E-state index in [0.717, 1.165) is 11.1 Å². The van der Waals surface area contributed by atoms with Crippen molar-refractivity contribution in [2.24, 2.45) is 0 Å². The molecule has 0 aliphatic carbocycles. The Bertz CT molecular complexity index is 939. The molecule has 0 bridgehead atoms. The van der Waals surface area contributed by atoms with Gasteiger partial charge in [0, 0.05) is 37.0 Å². The van der Waals surface area contributed by atoms with Gasteiger partial charge in [-0.3, -0.25) is 14.6 Å². The fourth-order valence-electron chi connectivity index (χ4n) is 2.81. The summed E-state index contributed by atoms with van der Waals surface area (Å²) in [6.45, 7) is 2.35. The Morgan fingerprint density at radius 3 is 2.56 bits per heavy atom. The number of aryl methyl sites for hydroxylation is 1. The van der Waals surface area contributed by atoms with E-state index in [1.807, 2.05) is 49.4 Å². The lowest BCUT2D eigenvalue weighted by Gasteiger charge is -2.14. The topological polar surface area (TPSA) is 76.9 Å². The Hall–Kier alpha value is -3.28. The molecule has 1 atom stereocenters. The number of aromatic nitrogens is 3. The lowest BCUT2D eigenvalue weighted by atomic mass is 10.1. The molecule has 3 rings (SSSR count). The lowest BCUT2D eigenvalue weighted by Crippen LogP contribution is -2.27. The summed E-state index contributed by atoms with van der Waals surface area (Å²) in [5, 5.41) is 7.37. The molecule has 138 valence electrons. The first kappa shape index (κ1) is 18.5. The van der Waals surface area contributed by atoms with Crippen LogP contribution in [-0.4, -0.2) is 20.7 Å². The van der Waals surface area contributed by atoms with Gasteiger partial charge in [-0.2, -0.15) is 5.10 Å². The van der Waals surface area contributed by atoms with Crippen molar-refractivity contribution < 1.29 is 4.79 Å². The van der Waals surface area contributed by atoms with Crippen molar-refractivity contribution in [2.45, 2.75) is 32.4 Å². The number of carbonyl (C=O) groups is 1. The molecule has 1 aromatic carbocycles. The molecule has 0 saturated carbocycles. The first-order valence-electron chi connectivity index (χ1n) is 8.96. The minimum Gasteiger partial charge on any atom is -0.350 e. The Balaban J connectivity index is 1.56. The predicted octanol–water partition coefficient (Wildman–Crippen LogP) is 2.96. The van der Waals surface area contributed by atoms with E-state index in [4.69, 9.17) is 0 Å². The zero-order chi connectivity index (χ0) is 19.1. The van der Waals surface area contributed by atoms with Gasteiger partial charge in [-0.25, -0.2) is 4.68 Å². The van der Waals surface area contributed by atoms with Crippen LogP contribution < -0.4 is 10.9 Å². The normalized spacial score (nSPS) is 11.7. The molecule has 27 heavy (non-hydrogen) atoms. The summed E-state index contributed by atoms with van der Waals surface area (Å²) in [6, 6.07) is 16.7. The molecule has 6 nitrogen and oxygen atoms in total. The third-order valence-corrected chi connectivity index (χ3v) is 4.29. The van der Waals surface area contributed by atoms with Crippen LogP contribution in [0, 0.1) is 0 Å². The highest BCUT2D eigenvalue weighted by atomic mass is 16.1. The van der Waals surface area contributed by atoms with Crippen LogP contribution in [0.2, 0.25) is 0 Å². The fraction of sp³-hybridized carbons (Fsp3) is 0.238. The lowest BCUT2D eigenvalue weighted by molar-refractivity contribution is -0.121. The molecule has 0 aliphatic heterocycles. The van der Waals surface area contributed by atoms with E-state index in [9.17, 15) is 9.59 Å². The maximum Gasteiger partial charge on any atom is 0.266 e. The first-order chi connectivity index (χ1) is 13.1. The molecule has 6 heteroatoms. The first-order valence-corrected chi connectivity index (χ1v) is 8.96. The van der Waals surface area contributed by atoms with Crippen LogP contribution >= 0.6 is 0 Å². The van der Waals surface area contributed by atoms with Gasteiger partial charge in [-0.05, 0) is 37.1 Å². The number of rotatable bonds is 7. The molecule has 0 aliphatic rings. The van der Waals surface area contributed by atoms with Gasteiger partial charge in [0.1, 0.15) is 0 Å². The van der Waals surface area contributed by atoms with Gasteiger partial charge < -0.3 is 5.32 Å². The van der Waals surface area contributed by atoms with Crippen LogP contribution in [0.1, 0.15) is 31.4 Å². The van der Waals surface area contributed by atoms with Gasteiger partial charge >= 0.3 is 0 Å². The highest BCUT2D eigenvalue weighted by Crippen LogP contribution is 2.14. The molecule has 2 heterocycles. The summed E-state index contributed by atoms with van der Waals surface area (Å²) >= 11 is 0. The van der Waals surface area contributed by atoms with Gasteiger partial charge in [0.15, 0.2) is 0 Å². The number of hydrogen-bond donors (Lipinski definition) is 1. The average molecular weight is 362 g/mol. The number of benzene rings is 1. The van der Waals surface area contributed by atoms with Crippen LogP contribution in [0.4, 0.5) is 0 Å². The second kappa shape index (κ2) is 8.89. The minimum atomic E-state index is -0.175. The summed E-state index contributed by atoms with van der Waals surface area (Å²) in [5.41, 5.74) is 2.49. The van der Waals surface area contributed by atoms with Crippen LogP contribution in [0.15, 0.2) is 71.8 Å². The minimum absolute atomic E-state index is 0.0373. The molecule has 1 unspecified atom stereocenters. The van der Waals surface area contributed by atoms with Crippen molar-refractivity contribution >= 4 is 5.91 Å². The zero-order valence-electron chi connectivity index (χ0n) is 15.2.